The Balaban J connectivity index is 1.63. The van der Waals surface area contributed by atoms with Crippen LogP contribution in [0.3, 0.4) is 0 Å². The molecule has 0 unspecified atom stereocenters. The maximum Gasteiger partial charge on any atom is 0.269 e. The highest BCUT2D eigenvalue weighted by Crippen LogP contribution is 2.35. The standard InChI is InChI=1S/C26H21N3O4S2/c1-15-7-4-10-20(17(15)3)33-23-19(24(30)28-11-5-8-16(2)22(28)27-23)13-21-25(31)29(26(34)35-21)14-18-9-6-12-32-18/h4-13H,14H2,1-3H3/b21-13+. The molecule has 5 rings (SSSR count). The molecule has 3 aromatic heterocycles. The van der Waals surface area contributed by atoms with Crippen LogP contribution in [0, 0.1) is 20.8 Å². The third-order valence-corrected chi connectivity index (χ3v) is 7.23. The van der Waals surface area contributed by atoms with Gasteiger partial charge >= 0.3 is 0 Å². The summed E-state index contributed by atoms with van der Waals surface area (Å²) >= 11 is 6.57. The fraction of sp³-hybridized carbons (Fsp3) is 0.154. The molecule has 7 nitrogen and oxygen atoms in total. The minimum atomic E-state index is -0.338. The fourth-order valence-electron chi connectivity index (χ4n) is 3.76. The summed E-state index contributed by atoms with van der Waals surface area (Å²) in [6.45, 7) is 6.03. The van der Waals surface area contributed by atoms with Crippen LogP contribution >= 0.6 is 24.0 Å². The smallest absolute Gasteiger partial charge is 0.269 e. The SMILES string of the molecule is Cc1cccc(Oc2nc3c(C)cccn3c(=O)c2/C=C2/SC(=S)N(Cc3ccco3)C2=O)c1C. The summed E-state index contributed by atoms with van der Waals surface area (Å²) in [4.78, 5) is 33.2. The van der Waals surface area contributed by atoms with E-state index >= 15 is 0 Å². The second-order valence-corrected chi connectivity index (χ2v) is 9.84. The summed E-state index contributed by atoms with van der Waals surface area (Å²) in [5.41, 5.74) is 3.14. The first-order valence-electron chi connectivity index (χ1n) is 10.9. The predicted molar refractivity (Wildman–Crippen MR) is 140 cm³/mol. The van der Waals surface area contributed by atoms with Crippen molar-refractivity contribution < 1.29 is 13.9 Å². The summed E-state index contributed by atoms with van der Waals surface area (Å²) in [6.07, 6.45) is 4.72. The van der Waals surface area contributed by atoms with Crippen LogP contribution < -0.4 is 10.3 Å². The van der Waals surface area contributed by atoms with Crippen LogP contribution in [0.25, 0.3) is 11.7 Å². The molecule has 0 radical (unpaired) electrons. The van der Waals surface area contributed by atoms with Crippen LogP contribution in [0.5, 0.6) is 11.6 Å². The molecule has 0 saturated carbocycles. The van der Waals surface area contributed by atoms with E-state index < -0.39 is 0 Å². The number of furan rings is 1. The summed E-state index contributed by atoms with van der Waals surface area (Å²) in [5.74, 6) is 1.04. The van der Waals surface area contributed by atoms with Crippen molar-refractivity contribution in [2.75, 3.05) is 0 Å². The number of aromatic nitrogens is 2. The van der Waals surface area contributed by atoms with E-state index in [9.17, 15) is 9.59 Å². The van der Waals surface area contributed by atoms with Crippen molar-refractivity contribution in [2.45, 2.75) is 27.3 Å². The minimum Gasteiger partial charge on any atom is -0.467 e. The molecule has 4 aromatic rings. The maximum atomic E-state index is 13.6. The Bertz CT molecular complexity index is 1570. The molecule has 1 fully saturated rings. The lowest BCUT2D eigenvalue weighted by molar-refractivity contribution is -0.122. The molecule has 4 heterocycles. The molecule has 1 aliphatic heterocycles. The zero-order valence-corrected chi connectivity index (χ0v) is 20.9. The Morgan fingerprint density at radius 3 is 2.66 bits per heavy atom. The third kappa shape index (κ3) is 4.28. The highest BCUT2D eigenvalue weighted by Gasteiger charge is 2.33. The Morgan fingerprint density at radius 2 is 1.89 bits per heavy atom. The lowest BCUT2D eigenvalue weighted by atomic mass is 10.1. The Hall–Kier alpha value is -3.69. The van der Waals surface area contributed by atoms with Crippen LogP contribution in [-0.2, 0) is 11.3 Å². The van der Waals surface area contributed by atoms with Gasteiger partial charge in [0.05, 0.1) is 17.7 Å². The number of carbonyl (C=O) groups excluding carboxylic acids is 1. The number of hydrogen-bond acceptors (Lipinski definition) is 7. The van der Waals surface area contributed by atoms with E-state index in [4.69, 9.17) is 21.4 Å². The van der Waals surface area contributed by atoms with Gasteiger partial charge in [0.15, 0.2) is 0 Å². The minimum absolute atomic E-state index is 0.134. The molecule has 1 amide bonds. The first-order chi connectivity index (χ1) is 16.8. The Labute approximate surface area is 211 Å². The molecule has 1 saturated heterocycles. The van der Waals surface area contributed by atoms with Crippen LogP contribution in [0.15, 0.2) is 69.0 Å². The van der Waals surface area contributed by atoms with Gasteiger partial charge in [0.25, 0.3) is 11.5 Å². The molecule has 0 aliphatic carbocycles. The van der Waals surface area contributed by atoms with Gasteiger partial charge in [0.2, 0.25) is 5.88 Å². The second kappa shape index (κ2) is 9.16. The Kier molecular flexibility index (Phi) is 6.04. The van der Waals surface area contributed by atoms with Crippen molar-refractivity contribution >= 4 is 45.9 Å². The summed E-state index contributed by atoms with van der Waals surface area (Å²) in [5, 5.41) is 0. The van der Waals surface area contributed by atoms with E-state index in [0.717, 1.165) is 28.5 Å². The number of benzene rings is 1. The average Bonchev–Trinajstić information content (AvgIpc) is 3.44. The van der Waals surface area contributed by atoms with Gasteiger partial charge in [-0.15, -0.1) is 0 Å². The van der Waals surface area contributed by atoms with Gasteiger partial charge in [0.1, 0.15) is 27.0 Å². The number of amides is 1. The maximum absolute atomic E-state index is 13.6. The summed E-state index contributed by atoms with van der Waals surface area (Å²) < 4.78 is 13.4. The van der Waals surface area contributed by atoms with Gasteiger partial charge in [-0.2, -0.15) is 4.98 Å². The van der Waals surface area contributed by atoms with E-state index in [1.807, 2.05) is 45.0 Å². The van der Waals surface area contributed by atoms with Crippen LogP contribution in [0.4, 0.5) is 0 Å². The number of hydrogen-bond donors (Lipinski definition) is 0. The highest BCUT2D eigenvalue weighted by atomic mass is 32.2. The molecule has 0 spiro atoms. The van der Waals surface area contributed by atoms with E-state index in [1.54, 1.807) is 30.7 Å². The number of thiocarbonyl (C=S) groups is 1. The van der Waals surface area contributed by atoms with E-state index in [-0.39, 0.29) is 29.5 Å². The van der Waals surface area contributed by atoms with Gasteiger partial charge in [-0.1, -0.05) is 42.2 Å². The zero-order chi connectivity index (χ0) is 24.7. The molecular weight excluding hydrogens is 482 g/mol. The molecule has 0 bridgehead atoms. The van der Waals surface area contributed by atoms with Gasteiger partial charge in [-0.05, 0) is 67.8 Å². The van der Waals surface area contributed by atoms with Crippen LogP contribution in [0.2, 0.25) is 0 Å². The number of ether oxygens (including phenoxy) is 1. The highest BCUT2D eigenvalue weighted by molar-refractivity contribution is 8.26. The molecule has 1 aromatic carbocycles. The number of pyridine rings is 1. The van der Waals surface area contributed by atoms with Gasteiger partial charge in [-0.3, -0.25) is 18.9 Å². The van der Waals surface area contributed by atoms with Crippen molar-refractivity contribution in [3.8, 4) is 11.6 Å². The number of carbonyl (C=O) groups is 1. The molecule has 176 valence electrons. The number of thioether (sulfide) groups is 1. The first-order valence-corrected chi connectivity index (χ1v) is 12.1. The third-order valence-electron chi connectivity index (χ3n) is 5.85. The number of aryl methyl sites for hydroxylation is 2. The number of fused-ring (bicyclic) bond motifs is 1. The van der Waals surface area contributed by atoms with Crippen molar-refractivity contribution in [1.29, 1.82) is 0 Å². The lowest BCUT2D eigenvalue weighted by Gasteiger charge is -2.14. The van der Waals surface area contributed by atoms with Gasteiger partial charge < -0.3 is 9.15 Å². The van der Waals surface area contributed by atoms with Crippen molar-refractivity contribution in [1.82, 2.24) is 14.3 Å². The lowest BCUT2D eigenvalue weighted by Crippen LogP contribution is -2.27. The van der Waals surface area contributed by atoms with Crippen molar-refractivity contribution in [3.05, 3.63) is 98.2 Å². The fourth-order valence-corrected chi connectivity index (χ4v) is 4.99. The average molecular weight is 504 g/mol. The first kappa shape index (κ1) is 23.1. The van der Waals surface area contributed by atoms with Gasteiger partial charge in [0, 0.05) is 6.20 Å². The van der Waals surface area contributed by atoms with Crippen molar-refractivity contribution in [3.63, 3.8) is 0 Å². The predicted octanol–water partition coefficient (Wildman–Crippen LogP) is 5.41. The van der Waals surface area contributed by atoms with Crippen LogP contribution in [-0.4, -0.2) is 24.5 Å². The van der Waals surface area contributed by atoms with E-state index in [1.165, 1.54) is 15.4 Å². The molecule has 0 N–H and O–H groups in total. The number of nitrogens with zero attached hydrogens (tertiary/aromatic N) is 3. The normalized spacial score (nSPS) is 14.9. The molecule has 35 heavy (non-hydrogen) atoms. The molecule has 1 aliphatic rings. The van der Waals surface area contributed by atoms with E-state index in [2.05, 4.69) is 4.98 Å². The Morgan fingerprint density at radius 1 is 1.09 bits per heavy atom. The van der Waals surface area contributed by atoms with Gasteiger partial charge in [-0.25, -0.2) is 0 Å². The molecular formula is C26H21N3O4S2. The topological polar surface area (TPSA) is 77.1 Å². The molecule has 0 atom stereocenters. The second-order valence-electron chi connectivity index (χ2n) is 8.17. The summed E-state index contributed by atoms with van der Waals surface area (Å²) in [7, 11) is 0. The largest absolute Gasteiger partial charge is 0.467 e. The van der Waals surface area contributed by atoms with E-state index in [0.29, 0.717) is 26.4 Å². The summed E-state index contributed by atoms with van der Waals surface area (Å²) in [6, 6.07) is 12.9. The van der Waals surface area contributed by atoms with Crippen molar-refractivity contribution in [2.24, 2.45) is 0 Å². The monoisotopic (exact) mass is 503 g/mol. The quantitative estimate of drug-likeness (QED) is 0.266. The molecule has 9 heteroatoms. The number of rotatable bonds is 5. The zero-order valence-electron chi connectivity index (χ0n) is 19.3. The van der Waals surface area contributed by atoms with Crippen LogP contribution in [0.1, 0.15) is 28.0 Å².